The van der Waals surface area contributed by atoms with Crippen molar-refractivity contribution < 1.29 is 4.79 Å². The average molecular weight is 177 g/mol. The lowest BCUT2D eigenvalue weighted by molar-refractivity contribution is 0.566. The molecule has 0 heterocycles. The zero-order chi connectivity index (χ0) is 9.68. The maximum atomic E-state index is 10.4. The van der Waals surface area contributed by atoms with Crippen LogP contribution in [0.4, 0.5) is 0 Å². The first-order valence-corrected chi connectivity index (χ1v) is 4.53. The third kappa shape index (κ3) is 3.02. The number of rotatable bonds is 3. The van der Waals surface area contributed by atoms with Crippen LogP contribution in [-0.4, -0.2) is 19.0 Å². The second kappa shape index (κ2) is 4.80. The molecule has 0 aromatic heterocycles. The van der Waals surface area contributed by atoms with E-state index in [1.54, 1.807) is 0 Å². The first-order valence-electron chi connectivity index (χ1n) is 4.53. The van der Waals surface area contributed by atoms with Crippen LogP contribution in [0.1, 0.15) is 19.8 Å². The Labute approximate surface area is 79.0 Å². The predicted molar refractivity (Wildman–Crippen MR) is 54.2 cm³/mol. The molecule has 13 heavy (non-hydrogen) atoms. The second-order valence-corrected chi connectivity index (χ2v) is 3.38. The van der Waals surface area contributed by atoms with Crippen LogP contribution in [0.2, 0.25) is 0 Å². The molecule has 1 rings (SSSR count). The van der Waals surface area contributed by atoms with E-state index in [9.17, 15) is 4.79 Å². The third-order valence-electron chi connectivity index (χ3n) is 2.24. The number of carbonyl (C=O) groups excluding carboxylic acids is 1. The quantitative estimate of drug-likeness (QED) is 0.664. The molecule has 0 aromatic carbocycles. The highest BCUT2D eigenvalue weighted by molar-refractivity contribution is 5.60. The Hall–Kier alpha value is -1.11. The molecule has 0 saturated carbocycles. The van der Waals surface area contributed by atoms with Gasteiger partial charge in [-0.2, -0.15) is 0 Å². The summed E-state index contributed by atoms with van der Waals surface area (Å²) in [7, 11) is 1.94. The summed E-state index contributed by atoms with van der Waals surface area (Å²) in [6, 6.07) is 0.464. The molecule has 0 amide bonds. The van der Waals surface area contributed by atoms with Gasteiger partial charge >= 0.3 is 0 Å². The van der Waals surface area contributed by atoms with Crippen molar-refractivity contribution in [1.82, 2.24) is 5.32 Å². The Morgan fingerprint density at radius 1 is 1.69 bits per heavy atom. The van der Waals surface area contributed by atoms with E-state index in [-0.39, 0.29) is 0 Å². The van der Waals surface area contributed by atoms with Gasteiger partial charge in [0, 0.05) is 18.0 Å². The molecule has 1 aliphatic rings. The van der Waals surface area contributed by atoms with E-state index in [2.05, 4.69) is 18.3 Å². The van der Waals surface area contributed by atoms with Crippen LogP contribution in [0, 0.1) is 0 Å². The molecular formula is C11H15NO. The molecule has 1 N–H and O–H groups in total. The molecular weight excluding hydrogens is 162 g/mol. The molecule has 0 spiro atoms. The Kier molecular flexibility index (Phi) is 3.69. The standard InChI is InChI=1S/C11H15NO/c1-9(12-2)6-10-4-3-5-11(7-10)8-13/h3-5,9,12H,6-7H2,1-2H3. The molecule has 2 nitrogen and oxygen atoms in total. The summed E-state index contributed by atoms with van der Waals surface area (Å²) < 4.78 is 0. The largest absolute Gasteiger partial charge is 0.317 e. The van der Waals surface area contributed by atoms with E-state index in [0.717, 1.165) is 18.4 Å². The highest BCUT2D eigenvalue weighted by atomic mass is 16.1. The summed E-state index contributed by atoms with van der Waals surface area (Å²) in [5.74, 6) is 1.94. The van der Waals surface area contributed by atoms with Crippen LogP contribution in [0.3, 0.4) is 0 Å². The number of allylic oxidation sites excluding steroid dienone is 4. The molecule has 0 fully saturated rings. The van der Waals surface area contributed by atoms with E-state index >= 15 is 0 Å². The maximum Gasteiger partial charge on any atom is 0.128 e. The molecule has 1 unspecified atom stereocenters. The van der Waals surface area contributed by atoms with E-state index in [1.165, 1.54) is 5.57 Å². The molecule has 0 bridgehead atoms. The van der Waals surface area contributed by atoms with E-state index < -0.39 is 0 Å². The molecule has 0 saturated heterocycles. The normalized spacial score (nSPS) is 18.0. The number of hydrogen-bond acceptors (Lipinski definition) is 2. The van der Waals surface area contributed by atoms with Crippen LogP contribution in [0.5, 0.6) is 0 Å². The van der Waals surface area contributed by atoms with Crippen molar-refractivity contribution in [1.29, 1.82) is 0 Å². The zero-order valence-electron chi connectivity index (χ0n) is 8.13. The summed E-state index contributed by atoms with van der Waals surface area (Å²) >= 11 is 0. The Bertz CT molecular complexity index is 282. The molecule has 1 aliphatic carbocycles. The van der Waals surface area contributed by atoms with Crippen molar-refractivity contribution in [3.63, 3.8) is 0 Å². The van der Waals surface area contributed by atoms with Crippen molar-refractivity contribution >= 4 is 5.94 Å². The van der Waals surface area contributed by atoms with Gasteiger partial charge in [-0.3, -0.25) is 0 Å². The maximum absolute atomic E-state index is 10.4. The van der Waals surface area contributed by atoms with Crippen LogP contribution < -0.4 is 5.32 Å². The lowest BCUT2D eigenvalue weighted by Gasteiger charge is -2.14. The van der Waals surface area contributed by atoms with Gasteiger partial charge in [0.1, 0.15) is 5.94 Å². The van der Waals surface area contributed by atoms with Crippen molar-refractivity contribution in [2.45, 2.75) is 25.8 Å². The summed E-state index contributed by atoms with van der Waals surface area (Å²) in [5.41, 5.74) is 2.04. The molecule has 2 heteroatoms. The first-order chi connectivity index (χ1) is 6.26. The first kappa shape index (κ1) is 9.97. The van der Waals surface area contributed by atoms with Crippen LogP contribution in [0.15, 0.2) is 29.4 Å². The molecule has 1 atom stereocenters. The van der Waals surface area contributed by atoms with E-state index in [4.69, 9.17) is 0 Å². The Morgan fingerprint density at radius 2 is 2.46 bits per heavy atom. The topological polar surface area (TPSA) is 29.1 Å². The van der Waals surface area contributed by atoms with Gasteiger partial charge < -0.3 is 5.32 Å². The fourth-order valence-corrected chi connectivity index (χ4v) is 1.37. The van der Waals surface area contributed by atoms with Gasteiger partial charge in [0.2, 0.25) is 0 Å². The SMILES string of the molecule is CNC(C)CC1=CC=CC(=C=O)C1. The van der Waals surface area contributed by atoms with Crippen molar-refractivity contribution in [3.05, 3.63) is 29.4 Å². The lowest BCUT2D eigenvalue weighted by atomic mass is 9.96. The fraction of sp³-hybridized carbons (Fsp3) is 0.455. The zero-order valence-corrected chi connectivity index (χ0v) is 8.13. The van der Waals surface area contributed by atoms with Gasteiger partial charge in [-0.25, -0.2) is 4.79 Å². The predicted octanol–water partition coefficient (Wildman–Crippen LogP) is 1.63. The van der Waals surface area contributed by atoms with Gasteiger partial charge in [-0.15, -0.1) is 0 Å². The van der Waals surface area contributed by atoms with Crippen molar-refractivity contribution in [2.75, 3.05) is 7.05 Å². The molecule has 0 aromatic rings. The molecule has 0 radical (unpaired) electrons. The molecule has 0 aliphatic heterocycles. The minimum absolute atomic E-state index is 0.464. The highest BCUT2D eigenvalue weighted by Crippen LogP contribution is 2.19. The van der Waals surface area contributed by atoms with Gasteiger partial charge in [0.05, 0.1) is 0 Å². The van der Waals surface area contributed by atoms with Gasteiger partial charge in [-0.05, 0) is 26.5 Å². The molecule has 70 valence electrons. The van der Waals surface area contributed by atoms with Crippen LogP contribution in [-0.2, 0) is 4.79 Å². The van der Waals surface area contributed by atoms with Gasteiger partial charge in [0.25, 0.3) is 0 Å². The number of nitrogens with one attached hydrogen (secondary N) is 1. The summed E-state index contributed by atoms with van der Waals surface area (Å²) in [6.45, 7) is 2.13. The van der Waals surface area contributed by atoms with E-state index in [0.29, 0.717) is 6.04 Å². The van der Waals surface area contributed by atoms with Crippen molar-refractivity contribution in [2.24, 2.45) is 0 Å². The fourth-order valence-electron chi connectivity index (χ4n) is 1.37. The van der Waals surface area contributed by atoms with Crippen LogP contribution in [0.25, 0.3) is 0 Å². The average Bonchev–Trinajstić information content (AvgIpc) is 2.18. The minimum atomic E-state index is 0.464. The van der Waals surface area contributed by atoms with Gasteiger partial charge in [-0.1, -0.05) is 17.7 Å². The van der Waals surface area contributed by atoms with Crippen molar-refractivity contribution in [3.8, 4) is 0 Å². The Morgan fingerprint density at radius 3 is 3.08 bits per heavy atom. The Balaban J connectivity index is 2.57. The monoisotopic (exact) mass is 177 g/mol. The summed E-state index contributed by atoms with van der Waals surface area (Å²) in [5, 5.41) is 3.17. The lowest BCUT2D eigenvalue weighted by Crippen LogP contribution is -2.21. The third-order valence-corrected chi connectivity index (χ3v) is 2.24. The highest BCUT2D eigenvalue weighted by Gasteiger charge is 2.07. The minimum Gasteiger partial charge on any atom is -0.317 e. The van der Waals surface area contributed by atoms with E-state index in [1.807, 2.05) is 25.1 Å². The second-order valence-electron chi connectivity index (χ2n) is 3.38. The summed E-state index contributed by atoms with van der Waals surface area (Å²) in [4.78, 5) is 10.4. The summed E-state index contributed by atoms with van der Waals surface area (Å²) in [6.07, 6.45) is 7.56. The van der Waals surface area contributed by atoms with Crippen LogP contribution >= 0.6 is 0 Å². The number of hydrogen-bond donors (Lipinski definition) is 1. The van der Waals surface area contributed by atoms with Gasteiger partial charge in [0.15, 0.2) is 0 Å². The smallest absolute Gasteiger partial charge is 0.128 e.